The molecule has 1 aromatic rings. The van der Waals surface area contributed by atoms with Crippen LogP contribution in [0.3, 0.4) is 0 Å². The van der Waals surface area contributed by atoms with Gasteiger partial charge in [-0.05, 0) is 9.85 Å². The summed E-state index contributed by atoms with van der Waals surface area (Å²) in [6.45, 7) is 3.37. The van der Waals surface area contributed by atoms with Gasteiger partial charge in [-0.25, -0.2) is 4.98 Å². The molecule has 0 saturated heterocycles. The summed E-state index contributed by atoms with van der Waals surface area (Å²) in [5, 5.41) is 20.7. The van der Waals surface area contributed by atoms with E-state index in [1.807, 2.05) is 0 Å². The molecule has 1 heterocycles. The number of nitro groups is 2. The molecule has 0 aromatic carbocycles. The average Bonchev–Trinajstić information content (AvgIpc) is 2.49. The molecule has 0 aliphatic rings. The summed E-state index contributed by atoms with van der Waals surface area (Å²) < 4.78 is 0. The van der Waals surface area contributed by atoms with E-state index in [4.69, 9.17) is 0 Å². The number of nitrogens with one attached hydrogen (secondary N) is 1. The Bertz CT molecular complexity index is 397. The topological polar surface area (TPSA) is 115 Å². The molecule has 0 fully saturated rings. The third-order valence-corrected chi connectivity index (χ3v) is 1.44. The number of nitrogens with zero attached hydrogens (tertiary/aromatic N) is 3. The summed E-state index contributed by atoms with van der Waals surface area (Å²) in [4.78, 5) is 24.5. The van der Waals surface area contributed by atoms with E-state index in [0.29, 0.717) is 0 Å². The normalized spacial score (nSPS) is 9.71. The van der Waals surface area contributed by atoms with Crippen molar-refractivity contribution in [2.75, 3.05) is 0 Å². The highest BCUT2D eigenvalue weighted by atomic mass is 16.6. The molecule has 0 atom stereocenters. The van der Waals surface area contributed by atoms with Gasteiger partial charge < -0.3 is 20.2 Å². The van der Waals surface area contributed by atoms with Crippen LogP contribution >= 0.6 is 0 Å². The lowest BCUT2D eigenvalue weighted by molar-refractivity contribution is -0.402. The van der Waals surface area contributed by atoms with Crippen LogP contribution in [0.4, 0.5) is 11.8 Å². The number of allylic oxidation sites excluding steroid dienone is 1. The summed E-state index contributed by atoms with van der Waals surface area (Å²) >= 11 is 0. The highest BCUT2D eigenvalue weighted by Crippen LogP contribution is 2.19. The SMILES string of the molecule is C=CCc1[nH]c([N+](=O)[O-])nc1[N+](=O)[O-]. The Labute approximate surface area is 77.6 Å². The maximum Gasteiger partial charge on any atom is 0.472 e. The maximum atomic E-state index is 10.4. The Kier molecular flexibility index (Phi) is 2.56. The van der Waals surface area contributed by atoms with Gasteiger partial charge in [0.25, 0.3) is 0 Å². The van der Waals surface area contributed by atoms with E-state index in [0.717, 1.165) is 0 Å². The van der Waals surface area contributed by atoms with Crippen molar-refractivity contribution in [3.05, 3.63) is 38.6 Å². The van der Waals surface area contributed by atoms with Crippen molar-refractivity contribution < 1.29 is 9.85 Å². The van der Waals surface area contributed by atoms with Gasteiger partial charge in [0.15, 0.2) is 5.69 Å². The lowest BCUT2D eigenvalue weighted by Gasteiger charge is -1.88. The fourth-order valence-electron chi connectivity index (χ4n) is 0.911. The minimum Gasteiger partial charge on any atom is -0.389 e. The lowest BCUT2D eigenvalue weighted by atomic mass is 10.3. The molecule has 0 saturated carbocycles. The molecule has 0 aliphatic carbocycles. The van der Waals surface area contributed by atoms with Crippen LogP contribution in [0.1, 0.15) is 5.69 Å². The summed E-state index contributed by atoms with van der Waals surface area (Å²) in [6, 6.07) is 0. The first-order chi connectivity index (χ1) is 6.56. The molecule has 0 spiro atoms. The molecule has 8 heteroatoms. The first-order valence-electron chi connectivity index (χ1n) is 3.54. The molecule has 0 bridgehead atoms. The minimum atomic E-state index is -0.820. The number of aromatic nitrogens is 2. The van der Waals surface area contributed by atoms with Crippen LogP contribution in [-0.4, -0.2) is 19.8 Å². The third-order valence-electron chi connectivity index (χ3n) is 1.44. The van der Waals surface area contributed by atoms with Crippen molar-refractivity contribution in [2.45, 2.75) is 6.42 Å². The monoisotopic (exact) mass is 198 g/mol. The molecule has 0 radical (unpaired) electrons. The van der Waals surface area contributed by atoms with Gasteiger partial charge in [0.2, 0.25) is 0 Å². The molecule has 0 amide bonds. The fraction of sp³-hybridized carbons (Fsp3) is 0.167. The molecule has 0 unspecified atom stereocenters. The van der Waals surface area contributed by atoms with Gasteiger partial charge in [0.05, 0.1) is 0 Å². The Morgan fingerprint density at radius 3 is 2.50 bits per heavy atom. The van der Waals surface area contributed by atoms with Crippen molar-refractivity contribution in [1.82, 2.24) is 9.97 Å². The summed E-state index contributed by atoms with van der Waals surface area (Å²) in [5.74, 6) is -1.16. The molecular weight excluding hydrogens is 192 g/mol. The highest BCUT2D eigenvalue weighted by molar-refractivity contribution is 5.33. The summed E-state index contributed by atoms with van der Waals surface area (Å²) in [7, 11) is 0. The maximum absolute atomic E-state index is 10.4. The number of hydrogen-bond donors (Lipinski definition) is 1. The zero-order valence-electron chi connectivity index (χ0n) is 6.97. The van der Waals surface area contributed by atoms with Crippen molar-refractivity contribution in [3.8, 4) is 0 Å². The number of imidazole rings is 1. The molecule has 0 aliphatic heterocycles. The van der Waals surface area contributed by atoms with Crippen LogP contribution in [0.25, 0.3) is 0 Å². The van der Waals surface area contributed by atoms with E-state index in [1.165, 1.54) is 6.08 Å². The van der Waals surface area contributed by atoms with Crippen LogP contribution < -0.4 is 0 Å². The van der Waals surface area contributed by atoms with Crippen molar-refractivity contribution in [2.24, 2.45) is 0 Å². The van der Waals surface area contributed by atoms with Gasteiger partial charge in [-0.1, -0.05) is 6.08 Å². The second-order valence-corrected chi connectivity index (χ2v) is 2.37. The van der Waals surface area contributed by atoms with Crippen LogP contribution in [0.5, 0.6) is 0 Å². The Morgan fingerprint density at radius 1 is 1.43 bits per heavy atom. The second kappa shape index (κ2) is 3.64. The van der Waals surface area contributed by atoms with Gasteiger partial charge in [0, 0.05) is 11.4 Å². The van der Waals surface area contributed by atoms with Crippen LogP contribution in [0, 0.1) is 20.2 Å². The smallest absolute Gasteiger partial charge is 0.389 e. The molecule has 1 N–H and O–H groups in total. The number of rotatable bonds is 4. The van der Waals surface area contributed by atoms with Crippen LogP contribution in [0.2, 0.25) is 0 Å². The lowest BCUT2D eigenvalue weighted by Crippen LogP contribution is -1.93. The van der Waals surface area contributed by atoms with E-state index >= 15 is 0 Å². The van der Waals surface area contributed by atoms with Crippen molar-refractivity contribution >= 4 is 11.8 Å². The number of H-pyrrole nitrogens is 1. The van der Waals surface area contributed by atoms with E-state index in [1.54, 1.807) is 0 Å². The Morgan fingerprint density at radius 2 is 2.07 bits per heavy atom. The molecule has 74 valence electrons. The minimum absolute atomic E-state index is 0.0803. The summed E-state index contributed by atoms with van der Waals surface area (Å²) in [6.07, 6.45) is 1.53. The first kappa shape index (κ1) is 9.84. The van der Waals surface area contributed by atoms with Gasteiger partial charge in [-0.2, -0.15) is 0 Å². The van der Waals surface area contributed by atoms with Gasteiger partial charge in [0.1, 0.15) is 0 Å². The van der Waals surface area contributed by atoms with E-state index in [-0.39, 0.29) is 12.1 Å². The largest absolute Gasteiger partial charge is 0.472 e. The summed E-state index contributed by atoms with van der Waals surface area (Å²) in [5.41, 5.74) is 0.0803. The average molecular weight is 198 g/mol. The predicted molar refractivity (Wildman–Crippen MR) is 45.8 cm³/mol. The first-order valence-corrected chi connectivity index (χ1v) is 3.54. The van der Waals surface area contributed by atoms with Crippen LogP contribution in [-0.2, 0) is 6.42 Å². The van der Waals surface area contributed by atoms with Gasteiger partial charge in [-0.3, -0.25) is 0 Å². The quantitative estimate of drug-likeness (QED) is 0.439. The third kappa shape index (κ3) is 1.73. The Hall–Kier alpha value is -2.25. The molecule has 1 aromatic heterocycles. The molecular formula is C6H6N4O4. The molecule has 8 nitrogen and oxygen atoms in total. The zero-order chi connectivity index (χ0) is 10.7. The standard InChI is InChI=1S/C6H6N4O4/c1-2-3-4-5(9(11)12)8-6(7-4)10(13)14/h2H,1,3H2,(H,7,8). The van der Waals surface area contributed by atoms with Crippen molar-refractivity contribution in [3.63, 3.8) is 0 Å². The predicted octanol–water partition coefficient (Wildman–Crippen LogP) is 0.955. The highest BCUT2D eigenvalue weighted by Gasteiger charge is 2.26. The molecule has 1 rings (SSSR count). The van der Waals surface area contributed by atoms with E-state index in [2.05, 4.69) is 16.5 Å². The number of hydrogen-bond acceptors (Lipinski definition) is 5. The second-order valence-electron chi connectivity index (χ2n) is 2.37. The fourth-order valence-corrected chi connectivity index (χ4v) is 0.911. The van der Waals surface area contributed by atoms with Gasteiger partial charge >= 0.3 is 11.8 Å². The van der Waals surface area contributed by atoms with Crippen LogP contribution in [0.15, 0.2) is 12.7 Å². The number of aromatic amines is 1. The molecule has 14 heavy (non-hydrogen) atoms. The van der Waals surface area contributed by atoms with Crippen molar-refractivity contribution in [1.29, 1.82) is 0 Å². The van der Waals surface area contributed by atoms with E-state index in [9.17, 15) is 20.2 Å². The Balaban J connectivity index is 3.18. The zero-order valence-corrected chi connectivity index (χ0v) is 6.97. The van der Waals surface area contributed by atoms with E-state index < -0.39 is 21.6 Å². The van der Waals surface area contributed by atoms with Gasteiger partial charge in [-0.15, -0.1) is 6.58 Å².